The zero-order valence-corrected chi connectivity index (χ0v) is 20.1. The van der Waals surface area contributed by atoms with Crippen LogP contribution >= 0.6 is 0 Å². The van der Waals surface area contributed by atoms with Crippen molar-refractivity contribution < 1.29 is 19.5 Å². The van der Waals surface area contributed by atoms with Gasteiger partial charge in [-0.05, 0) is 55.5 Å². The second-order valence-electron chi connectivity index (χ2n) is 8.26. The normalized spacial score (nSPS) is 11.2. The largest absolute Gasteiger partial charge is 0.480 e. The number of carbonyl (C=O) groups excluding carboxylic acids is 2. The molecule has 1 atom stereocenters. The van der Waals surface area contributed by atoms with Crippen molar-refractivity contribution in [2.24, 2.45) is 5.84 Å². The number of hydrogen-bond donors (Lipinski definition) is 3. The molecule has 0 radical (unpaired) electrons. The number of rotatable bonds is 5. The summed E-state index contributed by atoms with van der Waals surface area (Å²) in [6, 6.07) is 16.6. The third-order valence-electron chi connectivity index (χ3n) is 5.91. The molecular formula is C28H23N5O4. The first-order valence-electron chi connectivity index (χ1n) is 11.3. The van der Waals surface area contributed by atoms with Gasteiger partial charge in [0.05, 0.1) is 16.8 Å². The van der Waals surface area contributed by atoms with Crippen LogP contribution in [0.15, 0.2) is 73.1 Å². The zero-order valence-electron chi connectivity index (χ0n) is 20.1. The minimum absolute atomic E-state index is 0.379. The number of nitrogens with one attached hydrogen (secondary N) is 1. The minimum atomic E-state index is -1.07. The van der Waals surface area contributed by atoms with Crippen molar-refractivity contribution in [1.82, 2.24) is 20.3 Å². The first-order valence-corrected chi connectivity index (χ1v) is 11.3. The van der Waals surface area contributed by atoms with Crippen molar-refractivity contribution in [3.63, 3.8) is 0 Å². The molecule has 0 saturated carbocycles. The quantitative estimate of drug-likeness (QED) is 0.168. The van der Waals surface area contributed by atoms with Gasteiger partial charge in [0.15, 0.2) is 0 Å². The van der Waals surface area contributed by atoms with Gasteiger partial charge in [0.1, 0.15) is 6.04 Å². The van der Waals surface area contributed by atoms with Crippen molar-refractivity contribution in [3.8, 4) is 23.1 Å². The summed E-state index contributed by atoms with van der Waals surface area (Å²) < 4.78 is 0. The van der Waals surface area contributed by atoms with Crippen LogP contribution < -0.4 is 11.3 Å². The minimum Gasteiger partial charge on any atom is -0.480 e. The van der Waals surface area contributed by atoms with Crippen LogP contribution in [-0.2, 0) is 4.79 Å². The lowest BCUT2D eigenvalue weighted by atomic mass is 10.0. The molecule has 0 bridgehead atoms. The molecular weight excluding hydrogens is 470 g/mol. The topological polar surface area (TPSA) is 139 Å². The number of hydrogen-bond acceptors (Lipinski definition) is 6. The molecule has 2 amide bonds. The molecule has 4 rings (SSSR count). The zero-order chi connectivity index (χ0) is 26.5. The first kappa shape index (κ1) is 25.0. The van der Waals surface area contributed by atoms with Crippen molar-refractivity contribution in [3.05, 3.63) is 95.3 Å². The monoisotopic (exact) mass is 493 g/mol. The van der Waals surface area contributed by atoms with E-state index in [9.17, 15) is 14.4 Å². The highest BCUT2D eigenvalue weighted by atomic mass is 16.4. The first-order chi connectivity index (χ1) is 17.8. The van der Waals surface area contributed by atoms with E-state index < -0.39 is 17.9 Å². The fourth-order valence-electron chi connectivity index (χ4n) is 3.59. The number of nitrogen functional groups attached to an aromatic ring is 1. The van der Waals surface area contributed by atoms with Gasteiger partial charge >= 0.3 is 5.97 Å². The lowest BCUT2D eigenvalue weighted by Crippen LogP contribution is -2.40. The molecule has 0 saturated heterocycles. The number of hydrazine groups is 1. The molecule has 9 heteroatoms. The van der Waals surface area contributed by atoms with E-state index in [2.05, 4.69) is 27.2 Å². The van der Waals surface area contributed by atoms with E-state index >= 15 is 0 Å². The van der Waals surface area contributed by atoms with Crippen molar-refractivity contribution in [2.75, 3.05) is 7.05 Å². The van der Waals surface area contributed by atoms with Crippen LogP contribution in [0.25, 0.3) is 22.2 Å². The lowest BCUT2D eigenvalue weighted by molar-refractivity contribution is -0.141. The molecule has 0 spiro atoms. The summed E-state index contributed by atoms with van der Waals surface area (Å²) in [7, 11) is 1.46. The summed E-state index contributed by atoms with van der Waals surface area (Å²) in [5.41, 5.74) is 6.43. The smallest absolute Gasteiger partial charge is 0.326 e. The Bertz CT molecular complexity index is 1550. The van der Waals surface area contributed by atoms with Crippen molar-refractivity contribution >= 4 is 28.7 Å². The predicted molar refractivity (Wildman–Crippen MR) is 138 cm³/mol. The average molecular weight is 494 g/mol. The summed E-state index contributed by atoms with van der Waals surface area (Å²) in [6.07, 6.45) is 3.19. The number of carboxylic acid groups (broad SMARTS) is 1. The van der Waals surface area contributed by atoms with Gasteiger partial charge in [-0.3, -0.25) is 20.0 Å². The third-order valence-corrected chi connectivity index (χ3v) is 5.91. The number of fused-ring (bicyclic) bond motifs is 1. The van der Waals surface area contributed by atoms with Gasteiger partial charge in [0, 0.05) is 47.1 Å². The number of nitrogens with zero attached hydrogens (tertiary/aromatic N) is 3. The van der Waals surface area contributed by atoms with Gasteiger partial charge in [-0.2, -0.15) is 0 Å². The number of benzene rings is 2. The number of nitrogens with two attached hydrogens (primary N) is 1. The Morgan fingerprint density at radius 2 is 1.62 bits per heavy atom. The molecule has 0 aliphatic carbocycles. The number of aliphatic carboxylic acids is 1. The lowest BCUT2D eigenvalue weighted by Gasteiger charge is -2.21. The fraction of sp³-hybridized carbons (Fsp3) is 0.107. The third kappa shape index (κ3) is 5.45. The number of amides is 2. The van der Waals surface area contributed by atoms with E-state index in [4.69, 9.17) is 10.9 Å². The predicted octanol–water partition coefficient (Wildman–Crippen LogP) is 2.85. The maximum absolute atomic E-state index is 12.5. The molecule has 4 aromatic rings. The highest BCUT2D eigenvalue weighted by Crippen LogP contribution is 2.24. The summed E-state index contributed by atoms with van der Waals surface area (Å²) in [6.45, 7) is 1.45. The second-order valence-corrected chi connectivity index (χ2v) is 8.26. The molecule has 1 unspecified atom stereocenters. The highest BCUT2D eigenvalue weighted by molar-refractivity contribution is 6.06. The average Bonchev–Trinajstić information content (AvgIpc) is 2.94. The van der Waals surface area contributed by atoms with Gasteiger partial charge in [-0.15, -0.1) is 0 Å². The molecule has 9 nitrogen and oxygen atoms in total. The molecule has 0 fully saturated rings. The number of carbonyl (C=O) groups is 3. The summed E-state index contributed by atoms with van der Waals surface area (Å²) in [5.74, 6) is 9.60. The van der Waals surface area contributed by atoms with E-state index in [1.807, 2.05) is 24.3 Å². The Balaban J connectivity index is 1.53. The Kier molecular flexibility index (Phi) is 7.23. The van der Waals surface area contributed by atoms with E-state index in [1.165, 1.54) is 18.9 Å². The van der Waals surface area contributed by atoms with Crippen LogP contribution in [0.5, 0.6) is 0 Å². The van der Waals surface area contributed by atoms with E-state index in [0.29, 0.717) is 33.3 Å². The van der Waals surface area contributed by atoms with Crippen LogP contribution in [0.3, 0.4) is 0 Å². The number of aromatic nitrogens is 2. The fourth-order valence-corrected chi connectivity index (χ4v) is 3.59. The maximum Gasteiger partial charge on any atom is 0.326 e. The van der Waals surface area contributed by atoms with Crippen LogP contribution in [0, 0.1) is 11.8 Å². The Hall–Kier alpha value is -5.07. The van der Waals surface area contributed by atoms with E-state index in [1.54, 1.807) is 48.8 Å². The summed E-state index contributed by atoms with van der Waals surface area (Å²) >= 11 is 0. The van der Waals surface area contributed by atoms with Gasteiger partial charge in [0.25, 0.3) is 11.8 Å². The number of likely N-dealkylation sites (N-methyl/N-ethyl adjacent to an activating group) is 1. The SMILES string of the molecule is CC(C(=O)O)N(C)C(=O)c1ccc(C#Cc2ccc(-c3cc(C(=O)NN)c4cnccc4n3)cc2)cc1. The Morgan fingerprint density at radius 1 is 1.00 bits per heavy atom. The van der Waals surface area contributed by atoms with Gasteiger partial charge in [-0.1, -0.05) is 24.0 Å². The Labute approximate surface area is 212 Å². The van der Waals surface area contributed by atoms with Crippen LogP contribution in [-0.4, -0.2) is 50.8 Å². The molecule has 4 N–H and O–H groups in total. The second kappa shape index (κ2) is 10.7. The van der Waals surface area contributed by atoms with Crippen molar-refractivity contribution in [1.29, 1.82) is 0 Å². The summed E-state index contributed by atoms with van der Waals surface area (Å²) in [5, 5.41) is 9.70. The molecule has 2 aromatic carbocycles. The van der Waals surface area contributed by atoms with Gasteiger partial charge in [0.2, 0.25) is 0 Å². The van der Waals surface area contributed by atoms with Crippen molar-refractivity contribution in [2.45, 2.75) is 13.0 Å². The van der Waals surface area contributed by atoms with Crippen LogP contribution in [0.4, 0.5) is 0 Å². The number of pyridine rings is 2. The Morgan fingerprint density at radius 3 is 2.22 bits per heavy atom. The molecule has 0 aliphatic heterocycles. The molecule has 2 aromatic heterocycles. The highest BCUT2D eigenvalue weighted by Gasteiger charge is 2.22. The van der Waals surface area contributed by atoms with Crippen LogP contribution in [0.1, 0.15) is 38.8 Å². The maximum atomic E-state index is 12.5. The summed E-state index contributed by atoms with van der Waals surface area (Å²) in [4.78, 5) is 45.8. The number of carboxylic acids is 1. The standard InChI is InChI=1S/C28H23N5O4/c1-17(28(36)37)33(2)27(35)21-11-7-19(8-12-21)4-3-18-5-9-20(10-6-18)25-15-22(26(34)32-29)23-16-30-14-13-24(23)31-25/h5-17H,29H2,1-2H3,(H,32,34)(H,36,37). The molecule has 37 heavy (non-hydrogen) atoms. The van der Waals surface area contributed by atoms with E-state index in [0.717, 1.165) is 11.1 Å². The van der Waals surface area contributed by atoms with Gasteiger partial charge < -0.3 is 10.0 Å². The molecule has 0 aliphatic rings. The van der Waals surface area contributed by atoms with Gasteiger partial charge in [-0.25, -0.2) is 15.6 Å². The molecule has 2 heterocycles. The van der Waals surface area contributed by atoms with E-state index in [-0.39, 0.29) is 5.91 Å². The molecule has 184 valence electrons. The van der Waals surface area contributed by atoms with Crippen LogP contribution in [0.2, 0.25) is 0 Å².